The lowest BCUT2D eigenvalue weighted by Gasteiger charge is -2.40. The van der Waals surface area contributed by atoms with E-state index in [1.165, 1.54) is 218 Å². The highest BCUT2D eigenvalue weighted by Crippen LogP contribution is 2.23. The van der Waals surface area contributed by atoms with E-state index in [-0.39, 0.29) is 6.61 Å². The third-order valence-electron chi connectivity index (χ3n) is 14.1. The molecule has 65 heavy (non-hydrogen) atoms. The van der Waals surface area contributed by atoms with Crippen molar-refractivity contribution >= 4 is 5.91 Å². The van der Waals surface area contributed by atoms with Gasteiger partial charge in [-0.25, -0.2) is 0 Å². The molecule has 8 unspecified atom stereocenters. The molecule has 1 heterocycles. The molecule has 0 aliphatic carbocycles. The van der Waals surface area contributed by atoms with Gasteiger partial charge in [0.1, 0.15) is 30.5 Å². The molecule has 1 saturated heterocycles. The Hall–Kier alpha value is -0.850. The van der Waals surface area contributed by atoms with Gasteiger partial charge in [0.15, 0.2) is 6.29 Å². The van der Waals surface area contributed by atoms with Gasteiger partial charge < -0.3 is 45.4 Å². The minimum absolute atomic E-state index is 0.249. The van der Waals surface area contributed by atoms with E-state index in [0.717, 1.165) is 38.5 Å². The van der Waals surface area contributed by atoms with Crippen molar-refractivity contribution in [3.63, 3.8) is 0 Å². The van der Waals surface area contributed by atoms with Gasteiger partial charge in [-0.15, -0.1) is 0 Å². The number of amides is 1. The highest BCUT2D eigenvalue weighted by atomic mass is 16.7. The number of ether oxygens (including phenoxy) is 2. The summed E-state index contributed by atoms with van der Waals surface area (Å²) in [7, 11) is 0. The quantitative estimate of drug-likeness (QED) is 0.0294. The predicted molar refractivity (Wildman–Crippen MR) is 269 cm³/mol. The first-order valence-electron chi connectivity index (χ1n) is 28.3. The van der Waals surface area contributed by atoms with Crippen LogP contribution in [0, 0.1) is 0 Å². The average molecular weight is 928 g/mol. The minimum atomic E-state index is -1.59. The molecule has 0 aromatic carbocycles. The summed E-state index contributed by atoms with van der Waals surface area (Å²) in [6, 6.07) is -0.889. The van der Waals surface area contributed by atoms with Crippen molar-refractivity contribution in [2.75, 3.05) is 13.2 Å². The second-order valence-electron chi connectivity index (χ2n) is 20.2. The van der Waals surface area contributed by atoms with Gasteiger partial charge in [0.05, 0.1) is 25.4 Å². The molecule has 0 spiro atoms. The van der Waals surface area contributed by atoms with Gasteiger partial charge in [-0.3, -0.25) is 4.79 Å². The fraction of sp³-hybridized carbons (Fsp3) is 0.982. The van der Waals surface area contributed by atoms with Crippen molar-refractivity contribution in [2.45, 2.75) is 332 Å². The van der Waals surface area contributed by atoms with Gasteiger partial charge in [0.2, 0.25) is 5.91 Å². The van der Waals surface area contributed by atoms with Crippen LogP contribution in [0.1, 0.15) is 284 Å². The summed E-state index contributed by atoms with van der Waals surface area (Å²) in [6.45, 7) is 3.71. The lowest BCUT2D eigenvalue weighted by molar-refractivity contribution is -0.302. The van der Waals surface area contributed by atoms with E-state index < -0.39 is 61.5 Å². The molecule has 8 atom stereocenters. The molecule has 1 aliphatic heterocycles. The molecule has 0 radical (unpaired) electrons. The number of hydrogen-bond donors (Lipinski definition) is 7. The van der Waals surface area contributed by atoms with Gasteiger partial charge in [-0.05, 0) is 12.8 Å². The molecule has 10 nitrogen and oxygen atoms in total. The molecule has 1 amide bonds. The Morgan fingerprint density at radius 3 is 1.09 bits per heavy atom. The Morgan fingerprint density at radius 1 is 0.462 bits per heavy atom. The van der Waals surface area contributed by atoms with Gasteiger partial charge in [-0.1, -0.05) is 271 Å². The third kappa shape index (κ3) is 35.0. The van der Waals surface area contributed by atoms with Crippen LogP contribution in [0.4, 0.5) is 0 Å². The van der Waals surface area contributed by atoms with E-state index in [9.17, 15) is 35.4 Å². The normalized spacial score (nSPS) is 20.3. The number of aliphatic hydroxyl groups is 6. The van der Waals surface area contributed by atoms with Gasteiger partial charge in [0, 0.05) is 0 Å². The number of rotatable bonds is 49. The molecule has 1 rings (SSSR count). The summed E-state index contributed by atoms with van der Waals surface area (Å²) in [5.74, 6) is -0.577. The van der Waals surface area contributed by atoms with Gasteiger partial charge >= 0.3 is 0 Å². The Bertz CT molecular complexity index is 1000. The molecule has 0 aromatic heterocycles. The summed E-state index contributed by atoms with van der Waals surface area (Å²) in [6.07, 6.45) is 43.1. The topological polar surface area (TPSA) is 169 Å². The molecule has 0 saturated carbocycles. The van der Waals surface area contributed by atoms with Gasteiger partial charge in [0.25, 0.3) is 0 Å². The smallest absolute Gasteiger partial charge is 0.249 e. The summed E-state index contributed by atoms with van der Waals surface area (Å²) in [4.78, 5) is 13.1. The monoisotopic (exact) mass is 928 g/mol. The maximum absolute atomic E-state index is 13.1. The summed E-state index contributed by atoms with van der Waals surface area (Å²) in [5, 5.41) is 65.1. The van der Waals surface area contributed by atoms with Crippen molar-refractivity contribution in [2.24, 2.45) is 0 Å². The maximum Gasteiger partial charge on any atom is 0.249 e. The van der Waals surface area contributed by atoms with E-state index in [1.807, 2.05) is 0 Å². The van der Waals surface area contributed by atoms with Crippen LogP contribution in [-0.4, -0.2) is 98.7 Å². The summed E-state index contributed by atoms with van der Waals surface area (Å²) < 4.78 is 11.2. The summed E-state index contributed by atoms with van der Waals surface area (Å²) >= 11 is 0. The molecule has 7 N–H and O–H groups in total. The molecule has 10 heteroatoms. The van der Waals surface area contributed by atoms with Crippen LogP contribution in [-0.2, 0) is 14.3 Å². The van der Waals surface area contributed by atoms with E-state index >= 15 is 0 Å². The van der Waals surface area contributed by atoms with E-state index in [1.54, 1.807) is 0 Å². The zero-order valence-electron chi connectivity index (χ0n) is 42.6. The van der Waals surface area contributed by atoms with Crippen LogP contribution >= 0.6 is 0 Å². The molecule has 388 valence electrons. The third-order valence-corrected chi connectivity index (χ3v) is 14.1. The number of aliphatic hydroxyl groups excluding tert-OH is 6. The van der Waals surface area contributed by atoms with E-state index in [2.05, 4.69) is 19.2 Å². The first kappa shape index (κ1) is 62.2. The molecule has 1 fully saturated rings. The van der Waals surface area contributed by atoms with Crippen molar-refractivity contribution in [1.29, 1.82) is 0 Å². The van der Waals surface area contributed by atoms with Crippen LogP contribution in [0.5, 0.6) is 0 Å². The average Bonchev–Trinajstić information content (AvgIpc) is 3.31. The van der Waals surface area contributed by atoms with Crippen LogP contribution in [0.15, 0.2) is 0 Å². The zero-order valence-corrected chi connectivity index (χ0v) is 42.6. The van der Waals surface area contributed by atoms with Gasteiger partial charge in [-0.2, -0.15) is 0 Å². The van der Waals surface area contributed by atoms with Crippen LogP contribution in [0.2, 0.25) is 0 Å². The predicted octanol–water partition coefficient (Wildman–Crippen LogP) is 12.4. The van der Waals surface area contributed by atoms with E-state index in [4.69, 9.17) is 9.47 Å². The molecule has 0 aromatic rings. The number of hydrogen-bond acceptors (Lipinski definition) is 9. The Kier molecular flexibility index (Phi) is 43.6. The Labute approximate surface area is 400 Å². The zero-order chi connectivity index (χ0) is 47.4. The van der Waals surface area contributed by atoms with Crippen molar-refractivity contribution in [3.05, 3.63) is 0 Å². The fourth-order valence-electron chi connectivity index (χ4n) is 9.47. The van der Waals surface area contributed by atoms with Crippen molar-refractivity contribution < 1.29 is 44.9 Å². The second kappa shape index (κ2) is 45.6. The van der Waals surface area contributed by atoms with Crippen molar-refractivity contribution in [3.8, 4) is 0 Å². The number of carbonyl (C=O) groups excluding carboxylic acids is 1. The Balaban J connectivity index is 2.22. The first-order valence-corrected chi connectivity index (χ1v) is 28.3. The summed E-state index contributed by atoms with van der Waals surface area (Å²) in [5.41, 5.74) is 0. The molecular formula is C55H109NO9. The van der Waals surface area contributed by atoms with Crippen molar-refractivity contribution in [1.82, 2.24) is 5.32 Å². The largest absolute Gasteiger partial charge is 0.394 e. The Morgan fingerprint density at radius 2 is 0.769 bits per heavy atom. The number of carbonyl (C=O) groups is 1. The highest BCUT2D eigenvalue weighted by molar-refractivity contribution is 5.80. The first-order chi connectivity index (χ1) is 31.8. The molecular weight excluding hydrogens is 819 g/mol. The fourth-order valence-corrected chi connectivity index (χ4v) is 9.47. The van der Waals surface area contributed by atoms with E-state index in [0.29, 0.717) is 12.8 Å². The number of nitrogens with one attached hydrogen (secondary N) is 1. The second-order valence-corrected chi connectivity index (χ2v) is 20.2. The lowest BCUT2D eigenvalue weighted by atomic mass is 9.99. The lowest BCUT2D eigenvalue weighted by Crippen LogP contribution is -2.60. The molecule has 0 bridgehead atoms. The molecule has 1 aliphatic rings. The SMILES string of the molecule is CCCCCCCCCCCCCCCCCCCCCCCCCCCC(O)C(=O)NC(COC1OC(CO)C(O)C(O)C1O)C(O)CCCCCCCCCCCCCCCCC. The highest BCUT2D eigenvalue weighted by Gasteiger charge is 2.44. The maximum atomic E-state index is 13.1. The van der Waals surface area contributed by atoms with Crippen LogP contribution in [0.25, 0.3) is 0 Å². The van der Waals surface area contributed by atoms with Crippen LogP contribution < -0.4 is 5.32 Å². The standard InChI is InChI=1S/C55H109NO9/c1-3-5-7-9-11-13-15-17-19-20-21-22-23-24-25-26-27-28-30-32-34-36-38-40-42-44-49(59)54(63)56-47(46-64-55-53(62)52(61)51(60)50(45-57)65-55)48(58)43-41-39-37-35-33-31-29-18-16-14-12-10-8-6-4-2/h47-53,55,57-62H,3-46H2,1-2H3,(H,56,63). The minimum Gasteiger partial charge on any atom is -0.394 e. The van der Waals surface area contributed by atoms with Crippen LogP contribution in [0.3, 0.4) is 0 Å². The number of unbranched alkanes of at least 4 members (excludes halogenated alkanes) is 38.